The number of fused-ring (bicyclic) bond motifs is 2. The predicted octanol–water partition coefficient (Wildman–Crippen LogP) is 2.47. The van der Waals surface area contributed by atoms with E-state index in [1.165, 1.54) is 0 Å². The fraction of sp³-hybridized carbons (Fsp3) is 0.318. The van der Waals surface area contributed by atoms with Crippen LogP contribution in [0.5, 0.6) is 5.75 Å². The number of imidazole rings is 1. The van der Waals surface area contributed by atoms with Gasteiger partial charge in [-0.3, -0.25) is 14.2 Å². The Balaban J connectivity index is 1.28. The molecule has 2 heterocycles. The van der Waals surface area contributed by atoms with Gasteiger partial charge in [-0.25, -0.2) is 4.79 Å². The molecule has 0 spiro atoms. The van der Waals surface area contributed by atoms with Gasteiger partial charge < -0.3 is 19.4 Å². The number of anilines is 1. The maximum absolute atomic E-state index is 12.4. The molecule has 0 fully saturated rings. The summed E-state index contributed by atoms with van der Waals surface area (Å²) < 4.78 is 12.5. The molecule has 8 nitrogen and oxygen atoms in total. The Hall–Kier alpha value is -3.55. The second kappa shape index (κ2) is 8.44. The molecule has 1 aliphatic heterocycles. The molecule has 0 saturated heterocycles. The molecule has 156 valence electrons. The summed E-state index contributed by atoms with van der Waals surface area (Å²) in [6.07, 6.45) is 0.00865. The number of esters is 1. The van der Waals surface area contributed by atoms with Crippen molar-refractivity contribution in [3.05, 3.63) is 59.0 Å². The number of H-pyrrole nitrogens is 1. The van der Waals surface area contributed by atoms with Crippen LogP contribution in [0.2, 0.25) is 0 Å². The summed E-state index contributed by atoms with van der Waals surface area (Å²) in [7, 11) is 0. The van der Waals surface area contributed by atoms with Crippen LogP contribution in [0, 0.1) is 0 Å². The van der Waals surface area contributed by atoms with Gasteiger partial charge >= 0.3 is 11.7 Å². The molecule has 30 heavy (non-hydrogen) atoms. The van der Waals surface area contributed by atoms with Crippen LogP contribution in [0.3, 0.4) is 0 Å². The second-order valence-electron chi connectivity index (χ2n) is 7.14. The van der Waals surface area contributed by atoms with E-state index in [0.717, 1.165) is 11.0 Å². The third-order valence-electron chi connectivity index (χ3n) is 5.08. The molecule has 4 rings (SSSR count). The third-order valence-corrected chi connectivity index (χ3v) is 5.08. The van der Waals surface area contributed by atoms with Gasteiger partial charge in [-0.2, -0.15) is 0 Å². The van der Waals surface area contributed by atoms with E-state index < -0.39 is 6.10 Å². The molecule has 1 amide bonds. The third kappa shape index (κ3) is 3.94. The average molecular weight is 409 g/mol. The van der Waals surface area contributed by atoms with E-state index >= 15 is 0 Å². The molecule has 1 aromatic heterocycles. The maximum atomic E-state index is 12.4. The molecule has 0 saturated carbocycles. The molecule has 2 aromatic carbocycles. The van der Waals surface area contributed by atoms with E-state index in [9.17, 15) is 14.4 Å². The van der Waals surface area contributed by atoms with Crippen molar-refractivity contribution in [1.82, 2.24) is 9.55 Å². The summed E-state index contributed by atoms with van der Waals surface area (Å²) >= 11 is 0. The SMILES string of the molecule is CC1Oc2ccccc2N(CCC(=O)OCCCn2c(=O)[nH]c3ccccc32)C1=O. The normalized spacial score (nSPS) is 15.7. The van der Waals surface area contributed by atoms with Crippen LogP contribution >= 0.6 is 0 Å². The van der Waals surface area contributed by atoms with Crippen molar-refractivity contribution < 1.29 is 19.1 Å². The maximum Gasteiger partial charge on any atom is 0.326 e. The quantitative estimate of drug-likeness (QED) is 0.478. The van der Waals surface area contributed by atoms with Gasteiger partial charge in [-0.1, -0.05) is 24.3 Å². The van der Waals surface area contributed by atoms with Gasteiger partial charge in [0.25, 0.3) is 5.91 Å². The predicted molar refractivity (Wildman–Crippen MR) is 112 cm³/mol. The Morgan fingerprint density at radius 1 is 1.10 bits per heavy atom. The number of para-hydroxylation sites is 4. The van der Waals surface area contributed by atoms with Crippen LogP contribution in [-0.4, -0.2) is 40.7 Å². The van der Waals surface area contributed by atoms with E-state index in [4.69, 9.17) is 9.47 Å². The Morgan fingerprint density at radius 2 is 1.87 bits per heavy atom. The van der Waals surface area contributed by atoms with Crippen molar-refractivity contribution in [2.24, 2.45) is 0 Å². The fourth-order valence-corrected chi connectivity index (χ4v) is 3.60. The summed E-state index contributed by atoms with van der Waals surface area (Å²) in [6, 6.07) is 14.7. The fourth-order valence-electron chi connectivity index (χ4n) is 3.60. The molecule has 0 bridgehead atoms. The number of rotatable bonds is 7. The molecule has 0 radical (unpaired) electrons. The van der Waals surface area contributed by atoms with Crippen LogP contribution in [-0.2, 0) is 20.9 Å². The van der Waals surface area contributed by atoms with E-state index in [1.807, 2.05) is 36.4 Å². The van der Waals surface area contributed by atoms with Crippen LogP contribution in [0.1, 0.15) is 19.8 Å². The first kappa shape index (κ1) is 19.8. The Bertz CT molecular complexity index is 1130. The second-order valence-corrected chi connectivity index (χ2v) is 7.14. The summed E-state index contributed by atoms with van der Waals surface area (Å²) in [6.45, 7) is 2.57. The first-order valence-corrected chi connectivity index (χ1v) is 9.95. The number of aryl methyl sites for hydroxylation is 1. The molecule has 1 N–H and O–H groups in total. The standard InChI is InChI=1S/C22H23N3O5/c1-15-21(27)24(18-9-4-5-10-19(18)30-15)13-11-20(26)29-14-6-12-25-17-8-3-2-7-16(17)23-22(25)28/h2-5,7-10,15H,6,11-14H2,1H3,(H,23,28). The van der Waals surface area contributed by atoms with Crippen molar-refractivity contribution in [3.63, 3.8) is 0 Å². The topological polar surface area (TPSA) is 93.6 Å². The van der Waals surface area contributed by atoms with Gasteiger partial charge in [0.2, 0.25) is 0 Å². The first-order valence-electron chi connectivity index (χ1n) is 9.95. The number of amides is 1. The van der Waals surface area contributed by atoms with E-state index in [0.29, 0.717) is 24.4 Å². The largest absolute Gasteiger partial charge is 0.479 e. The number of hydrogen-bond acceptors (Lipinski definition) is 5. The number of aromatic amines is 1. The number of carbonyl (C=O) groups is 2. The zero-order chi connectivity index (χ0) is 21.1. The lowest BCUT2D eigenvalue weighted by molar-refractivity contribution is -0.143. The van der Waals surface area contributed by atoms with Crippen molar-refractivity contribution in [2.45, 2.75) is 32.4 Å². The monoisotopic (exact) mass is 409 g/mol. The Kier molecular flexibility index (Phi) is 5.56. The summed E-state index contributed by atoms with van der Waals surface area (Å²) in [4.78, 5) is 41.0. The van der Waals surface area contributed by atoms with Gasteiger partial charge in [0.1, 0.15) is 5.75 Å². The van der Waals surface area contributed by atoms with Gasteiger partial charge in [-0.15, -0.1) is 0 Å². The molecule has 1 aliphatic rings. The zero-order valence-electron chi connectivity index (χ0n) is 16.7. The minimum atomic E-state index is -0.592. The minimum absolute atomic E-state index is 0.0832. The van der Waals surface area contributed by atoms with Gasteiger partial charge in [0, 0.05) is 13.1 Å². The zero-order valence-corrected chi connectivity index (χ0v) is 16.7. The molecule has 3 aromatic rings. The molecule has 1 atom stereocenters. The summed E-state index contributed by atoms with van der Waals surface area (Å²) in [5.41, 5.74) is 2.09. The highest BCUT2D eigenvalue weighted by Crippen LogP contribution is 2.33. The van der Waals surface area contributed by atoms with Gasteiger partial charge in [0.15, 0.2) is 6.10 Å². The van der Waals surface area contributed by atoms with Crippen molar-refractivity contribution in [1.29, 1.82) is 0 Å². The highest BCUT2D eigenvalue weighted by molar-refractivity contribution is 6.00. The van der Waals surface area contributed by atoms with Gasteiger partial charge in [-0.05, 0) is 37.6 Å². The van der Waals surface area contributed by atoms with Gasteiger partial charge in [0.05, 0.1) is 29.7 Å². The van der Waals surface area contributed by atoms with E-state index in [-0.39, 0.29) is 37.1 Å². The minimum Gasteiger partial charge on any atom is -0.479 e. The van der Waals surface area contributed by atoms with Crippen LogP contribution in [0.4, 0.5) is 5.69 Å². The van der Waals surface area contributed by atoms with Crippen molar-refractivity contribution in [3.8, 4) is 5.75 Å². The number of nitrogens with one attached hydrogen (secondary N) is 1. The highest BCUT2D eigenvalue weighted by atomic mass is 16.5. The lowest BCUT2D eigenvalue weighted by atomic mass is 10.2. The van der Waals surface area contributed by atoms with Crippen molar-refractivity contribution in [2.75, 3.05) is 18.1 Å². The number of hydrogen-bond donors (Lipinski definition) is 1. The van der Waals surface area contributed by atoms with Crippen LogP contribution in [0.15, 0.2) is 53.3 Å². The van der Waals surface area contributed by atoms with E-state index in [2.05, 4.69) is 4.98 Å². The van der Waals surface area contributed by atoms with E-state index in [1.54, 1.807) is 28.5 Å². The lowest BCUT2D eigenvalue weighted by Gasteiger charge is -2.32. The highest BCUT2D eigenvalue weighted by Gasteiger charge is 2.31. The number of aromatic nitrogens is 2. The molecule has 1 unspecified atom stereocenters. The smallest absolute Gasteiger partial charge is 0.326 e. The Labute approximate surface area is 173 Å². The van der Waals surface area contributed by atoms with Crippen molar-refractivity contribution >= 4 is 28.6 Å². The number of benzene rings is 2. The molecule has 8 heteroatoms. The number of nitrogens with zero attached hydrogens (tertiary/aromatic N) is 2. The molecule has 0 aliphatic carbocycles. The number of ether oxygens (including phenoxy) is 2. The first-order chi connectivity index (χ1) is 14.5. The summed E-state index contributed by atoms with van der Waals surface area (Å²) in [5.74, 6) is 0.0630. The number of carbonyl (C=O) groups excluding carboxylic acids is 2. The average Bonchev–Trinajstić information content (AvgIpc) is 3.06. The van der Waals surface area contributed by atoms with Crippen LogP contribution < -0.4 is 15.3 Å². The lowest BCUT2D eigenvalue weighted by Crippen LogP contribution is -2.45. The Morgan fingerprint density at radius 3 is 2.73 bits per heavy atom. The molecular weight excluding hydrogens is 386 g/mol. The summed E-state index contributed by atoms with van der Waals surface area (Å²) in [5, 5.41) is 0. The molecular formula is C22H23N3O5. The van der Waals surface area contributed by atoms with Crippen LogP contribution in [0.25, 0.3) is 11.0 Å².